The number of carbonyl (C=O) groups is 1. The van der Waals surface area contributed by atoms with E-state index in [1.165, 1.54) is 0 Å². The highest BCUT2D eigenvalue weighted by atomic mass is 35.5. The minimum atomic E-state index is -0.858. The summed E-state index contributed by atoms with van der Waals surface area (Å²) in [6.45, 7) is 0.293. The van der Waals surface area contributed by atoms with Crippen LogP contribution in [0, 0.1) is 0 Å². The Bertz CT molecular complexity index is 778. The van der Waals surface area contributed by atoms with E-state index < -0.39 is 6.10 Å². The summed E-state index contributed by atoms with van der Waals surface area (Å²) in [5.74, 6) is 0.438. The van der Waals surface area contributed by atoms with Crippen LogP contribution in [0.1, 0.15) is 23.8 Å². The van der Waals surface area contributed by atoms with Crippen LogP contribution in [-0.4, -0.2) is 11.0 Å². The topological polar surface area (TPSA) is 62.5 Å². The molecule has 0 fully saturated rings. The minimum absolute atomic E-state index is 0.0120. The molecule has 0 aliphatic carbocycles. The number of hydrogen-bond donors (Lipinski definition) is 2. The first kappa shape index (κ1) is 15.6. The van der Waals surface area contributed by atoms with E-state index in [0.717, 1.165) is 11.0 Å². The summed E-state index contributed by atoms with van der Waals surface area (Å²) in [6, 6.07) is 16.3. The Kier molecular flexibility index (Phi) is 4.65. The Morgan fingerprint density at radius 1 is 1.17 bits per heavy atom. The second-order valence-electron chi connectivity index (χ2n) is 5.30. The lowest BCUT2D eigenvalue weighted by Crippen LogP contribution is -2.24. The van der Waals surface area contributed by atoms with E-state index in [1.807, 2.05) is 30.3 Å². The number of rotatable bonds is 5. The maximum absolute atomic E-state index is 11.9. The third kappa shape index (κ3) is 3.92. The standard InChI is InChI=1S/C18H16ClNO3/c19-14-7-5-12(6-8-14)16(21)10-18(22)20-11-15-9-13-3-1-2-4-17(13)23-15/h1-9,16,21H,10-11H2,(H,20,22). The first-order chi connectivity index (χ1) is 11.1. The highest BCUT2D eigenvalue weighted by Crippen LogP contribution is 2.20. The van der Waals surface area contributed by atoms with Crippen LogP contribution >= 0.6 is 11.6 Å². The first-order valence-electron chi connectivity index (χ1n) is 7.29. The van der Waals surface area contributed by atoms with Crippen molar-refractivity contribution in [3.63, 3.8) is 0 Å². The van der Waals surface area contributed by atoms with Gasteiger partial charge in [-0.3, -0.25) is 4.79 Å². The Morgan fingerprint density at radius 2 is 1.91 bits per heavy atom. The highest BCUT2D eigenvalue weighted by Gasteiger charge is 2.13. The van der Waals surface area contributed by atoms with Crippen molar-refractivity contribution in [1.29, 1.82) is 0 Å². The number of amides is 1. The van der Waals surface area contributed by atoms with Crippen molar-refractivity contribution in [2.45, 2.75) is 19.1 Å². The molecule has 118 valence electrons. The number of para-hydroxylation sites is 1. The van der Waals surface area contributed by atoms with Crippen molar-refractivity contribution in [3.8, 4) is 0 Å². The zero-order chi connectivity index (χ0) is 16.2. The Hall–Kier alpha value is -2.30. The fraction of sp³-hybridized carbons (Fsp3) is 0.167. The van der Waals surface area contributed by atoms with Crippen molar-refractivity contribution in [2.24, 2.45) is 0 Å². The summed E-state index contributed by atoms with van der Waals surface area (Å²) in [5, 5.41) is 14.4. The van der Waals surface area contributed by atoms with Crippen LogP contribution in [0.15, 0.2) is 59.0 Å². The van der Waals surface area contributed by atoms with Crippen molar-refractivity contribution in [3.05, 3.63) is 70.9 Å². The molecule has 0 saturated heterocycles. The monoisotopic (exact) mass is 329 g/mol. The molecule has 3 aromatic rings. The Morgan fingerprint density at radius 3 is 2.65 bits per heavy atom. The van der Waals surface area contributed by atoms with Gasteiger partial charge < -0.3 is 14.8 Å². The van der Waals surface area contributed by atoms with Gasteiger partial charge in [0.25, 0.3) is 0 Å². The molecule has 0 aliphatic rings. The summed E-state index contributed by atoms with van der Waals surface area (Å²) in [6.07, 6.45) is -0.870. The molecule has 1 atom stereocenters. The van der Waals surface area contributed by atoms with E-state index in [4.69, 9.17) is 16.0 Å². The van der Waals surface area contributed by atoms with E-state index in [0.29, 0.717) is 22.9 Å². The number of benzene rings is 2. The molecule has 1 aromatic heterocycles. The number of aliphatic hydroxyl groups excluding tert-OH is 1. The average molecular weight is 330 g/mol. The second-order valence-corrected chi connectivity index (χ2v) is 5.74. The molecule has 0 aliphatic heterocycles. The van der Waals surface area contributed by atoms with E-state index >= 15 is 0 Å². The van der Waals surface area contributed by atoms with E-state index in [-0.39, 0.29) is 12.3 Å². The predicted octanol–water partition coefficient (Wildman–Crippen LogP) is 3.83. The third-order valence-electron chi connectivity index (χ3n) is 3.57. The van der Waals surface area contributed by atoms with Gasteiger partial charge in [-0.15, -0.1) is 0 Å². The lowest BCUT2D eigenvalue weighted by molar-refractivity contribution is -0.123. The van der Waals surface area contributed by atoms with Gasteiger partial charge in [0.2, 0.25) is 5.91 Å². The Balaban J connectivity index is 1.55. The first-order valence-corrected chi connectivity index (χ1v) is 7.67. The summed E-state index contributed by atoms with van der Waals surface area (Å²) in [5.41, 5.74) is 1.45. The van der Waals surface area contributed by atoms with Gasteiger partial charge in [0.05, 0.1) is 19.1 Å². The third-order valence-corrected chi connectivity index (χ3v) is 3.82. The molecule has 3 rings (SSSR count). The molecule has 1 unspecified atom stereocenters. The number of halogens is 1. The zero-order valence-corrected chi connectivity index (χ0v) is 13.1. The fourth-order valence-electron chi connectivity index (χ4n) is 2.36. The van der Waals surface area contributed by atoms with Gasteiger partial charge >= 0.3 is 0 Å². The molecule has 23 heavy (non-hydrogen) atoms. The number of fused-ring (bicyclic) bond motifs is 1. The van der Waals surface area contributed by atoms with Crippen LogP contribution in [0.2, 0.25) is 5.02 Å². The Labute approximate surface area is 138 Å². The van der Waals surface area contributed by atoms with Gasteiger partial charge in [-0.25, -0.2) is 0 Å². The molecular weight excluding hydrogens is 314 g/mol. The van der Waals surface area contributed by atoms with Crippen LogP contribution in [0.5, 0.6) is 0 Å². The molecule has 2 aromatic carbocycles. The molecule has 1 amide bonds. The van der Waals surface area contributed by atoms with Crippen molar-refractivity contribution in [1.82, 2.24) is 5.32 Å². The van der Waals surface area contributed by atoms with Crippen molar-refractivity contribution >= 4 is 28.5 Å². The van der Waals surface area contributed by atoms with Gasteiger partial charge in [-0.2, -0.15) is 0 Å². The quantitative estimate of drug-likeness (QED) is 0.748. The molecular formula is C18H16ClNO3. The number of nitrogens with one attached hydrogen (secondary N) is 1. The fourth-order valence-corrected chi connectivity index (χ4v) is 2.49. The molecule has 0 spiro atoms. The van der Waals surface area contributed by atoms with Crippen LogP contribution in [-0.2, 0) is 11.3 Å². The summed E-state index contributed by atoms with van der Waals surface area (Å²) < 4.78 is 5.63. The zero-order valence-electron chi connectivity index (χ0n) is 12.3. The smallest absolute Gasteiger partial charge is 0.223 e. The molecule has 5 heteroatoms. The van der Waals surface area contributed by atoms with Crippen LogP contribution < -0.4 is 5.32 Å². The number of furan rings is 1. The lowest BCUT2D eigenvalue weighted by Gasteiger charge is -2.10. The van der Waals surface area contributed by atoms with Gasteiger partial charge in [0.1, 0.15) is 11.3 Å². The van der Waals surface area contributed by atoms with Crippen LogP contribution in [0.25, 0.3) is 11.0 Å². The molecule has 0 radical (unpaired) electrons. The van der Waals surface area contributed by atoms with Crippen molar-refractivity contribution in [2.75, 3.05) is 0 Å². The normalized spacial score (nSPS) is 12.3. The summed E-state index contributed by atoms with van der Waals surface area (Å²) in [4.78, 5) is 11.9. The van der Waals surface area contributed by atoms with E-state index in [1.54, 1.807) is 24.3 Å². The molecule has 1 heterocycles. The predicted molar refractivity (Wildman–Crippen MR) is 89.1 cm³/mol. The number of aliphatic hydroxyl groups is 1. The molecule has 2 N–H and O–H groups in total. The lowest BCUT2D eigenvalue weighted by atomic mass is 10.1. The second kappa shape index (κ2) is 6.86. The van der Waals surface area contributed by atoms with Gasteiger partial charge in [0.15, 0.2) is 0 Å². The van der Waals surface area contributed by atoms with Crippen LogP contribution in [0.3, 0.4) is 0 Å². The summed E-state index contributed by atoms with van der Waals surface area (Å²) in [7, 11) is 0. The number of hydrogen-bond acceptors (Lipinski definition) is 3. The van der Waals surface area contributed by atoms with E-state index in [9.17, 15) is 9.90 Å². The maximum Gasteiger partial charge on any atom is 0.223 e. The minimum Gasteiger partial charge on any atom is -0.459 e. The highest BCUT2D eigenvalue weighted by molar-refractivity contribution is 6.30. The maximum atomic E-state index is 11.9. The van der Waals surface area contributed by atoms with Crippen LogP contribution in [0.4, 0.5) is 0 Å². The van der Waals surface area contributed by atoms with Gasteiger partial charge in [-0.05, 0) is 29.8 Å². The molecule has 0 saturated carbocycles. The van der Waals surface area contributed by atoms with Gasteiger partial charge in [-0.1, -0.05) is 41.9 Å². The SMILES string of the molecule is O=C(CC(O)c1ccc(Cl)cc1)NCc1cc2ccccc2o1. The largest absolute Gasteiger partial charge is 0.459 e. The number of carbonyl (C=O) groups excluding carboxylic acids is 1. The average Bonchev–Trinajstić information content (AvgIpc) is 2.96. The van der Waals surface area contributed by atoms with Gasteiger partial charge in [0, 0.05) is 10.4 Å². The molecule has 4 nitrogen and oxygen atoms in total. The van der Waals surface area contributed by atoms with Crippen molar-refractivity contribution < 1.29 is 14.3 Å². The molecule has 0 bridgehead atoms. The summed E-state index contributed by atoms with van der Waals surface area (Å²) >= 11 is 5.80. The van der Waals surface area contributed by atoms with E-state index in [2.05, 4.69) is 5.32 Å².